The van der Waals surface area contributed by atoms with Gasteiger partial charge in [-0.1, -0.05) is 24.3 Å². The number of ether oxygens (including phenoxy) is 1. The predicted molar refractivity (Wildman–Crippen MR) is 89.1 cm³/mol. The van der Waals surface area contributed by atoms with E-state index in [0.717, 1.165) is 5.56 Å². The molecule has 5 nitrogen and oxygen atoms in total. The summed E-state index contributed by atoms with van der Waals surface area (Å²) in [6.07, 6.45) is 1.65. The minimum Gasteiger partial charge on any atom is -0.439 e. The number of hydrogen-bond donors (Lipinski definition) is 1. The van der Waals surface area contributed by atoms with Gasteiger partial charge in [-0.2, -0.15) is 0 Å². The number of benzene rings is 1. The Kier molecular flexibility index (Phi) is 4.71. The summed E-state index contributed by atoms with van der Waals surface area (Å²) in [7, 11) is -3.47. The molecule has 0 unspecified atom stereocenters. The Morgan fingerprint density at radius 1 is 1.09 bits per heavy atom. The van der Waals surface area contributed by atoms with Crippen LogP contribution < -0.4 is 9.46 Å². The topological polar surface area (TPSA) is 68.3 Å². The lowest BCUT2D eigenvalue weighted by Crippen LogP contribution is -2.22. The zero-order valence-corrected chi connectivity index (χ0v) is 13.7. The van der Waals surface area contributed by atoms with Gasteiger partial charge in [0.25, 0.3) is 0 Å². The van der Waals surface area contributed by atoms with E-state index in [4.69, 9.17) is 4.74 Å². The van der Waals surface area contributed by atoms with Gasteiger partial charge in [0.05, 0.1) is 0 Å². The van der Waals surface area contributed by atoms with E-state index >= 15 is 0 Å². The second kappa shape index (κ2) is 6.91. The first-order valence-electron chi connectivity index (χ1n) is 6.84. The van der Waals surface area contributed by atoms with Crippen molar-refractivity contribution in [1.29, 1.82) is 0 Å². The molecule has 0 atom stereocenters. The number of hydrogen-bond acceptors (Lipinski definition) is 5. The van der Waals surface area contributed by atoms with E-state index in [1.54, 1.807) is 41.9 Å². The van der Waals surface area contributed by atoms with Crippen molar-refractivity contribution in [3.8, 4) is 11.6 Å². The summed E-state index contributed by atoms with van der Waals surface area (Å²) in [6.45, 7) is 0.194. The van der Waals surface area contributed by atoms with E-state index in [1.165, 1.54) is 11.3 Å². The summed E-state index contributed by atoms with van der Waals surface area (Å²) in [5, 5.41) is 1.73. The van der Waals surface area contributed by atoms with Gasteiger partial charge < -0.3 is 4.74 Å². The molecule has 0 aliphatic heterocycles. The molecule has 118 valence electrons. The van der Waals surface area contributed by atoms with Crippen molar-refractivity contribution < 1.29 is 13.2 Å². The summed E-state index contributed by atoms with van der Waals surface area (Å²) in [5.41, 5.74) is 0.804. The zero-order valence-electron chi connectivity index (χ0n) is 12.0. The SMILES string of the molecule is O=S(=O)(NCc1cccc(Oc2ccccn2)c1)c1cccs1. The van der Waals surface area contributed by atoms with Gasteiger partial charge >= 0.3 is 0 Å². The number of nitrogens with one attached hydrogen (secondary N) is 1. The molecule has 3 rings (SSSR count). The maximum Gasteiger partial charge on any atom is 0.250 e. The molecule has 2 aromatic heterocycles. The van der Waals surface area contributed by atoms with Gasteiger partial charge in [0, 0.05) is 18.8 Å². The van der Waals surface area contributed by atoms with Gasteiger partial charge in [0.15, 0.2) is 0 Å². The van der Waals surface area contributed by atoms with Crippen molar-refractivity contribution in [2.24, 2.45) is 0 Å². The number of thiophene rings is 1. The lowest BCUT2D eigenvalue weighted by atomic mass is 10.2. The summed E-state index contributed by atoms with van der Waals surface area (Å²) in [6, 6.07) is 15.9. The second-order valence-electron chi connectivity index (χ2n) is 4.67. The second-order valence-corrected chi connectivity index (χ2v) is 7.62. The van der Waals surface area contributed by atoms with Crippen LogP contribution in [0.5, 0.6) is 11.6 Å². The smallest absolute Gasteiger partial charge is 0.250 e. The van der Waals surface area contributed by atoms with E-state index in [0.29, 0.717) is 15.8 Å². The molecule has 0 aliphatic rings. The van der Waals surface area contributed by atoms with Crippen LogP contribution in [0.4, 0.5) is 0 Å². The molecular formula is C16H14N2O3S2. The molecule has 0 aliphatic carbocycles. The van der Waals surface area contributed by atoms with Crippen LogP contribution in [0.2, 0.25) is 0 Å². The highest BCUT2D eigenvalue weighted by Gasteiger charge is 2.14. The molecule has 0 bridgehead atoms. The molecule has 0 spiro atoms. The van der Waals surface area contributed by atoms with Crippen molar-refractivity contribution in [2.45, 2.75) is 10.8 Å². The van der Waals surface area contributed by atoms with Crippen molar-refractivity contribution in [3.05, 3.63) is 71.7 Å². The quantitative estimate of drug-likeness (QED) is 0.743. The van der Waals surface area contributed by atoms with Crippen molar-refractivity contribution in [2.75, 3.05) is 0 Å². The number of sulfonamides is 1. The molecule has 0 amide bonds. The first kappa shape index (κ1) is 15.7. The third-order valence-electron chi connectivity index (χ3n) is 2.98. The van der Waals surface area contributed by atoms with Crippen LogP contribution in [0, 0.1) is 0 Å². The summed E-state index contributed by atoms with van der Waals surface area (Å²) >= 11 is 1.19. The lowest BCUT2D eigenvalue weighted by Gasteiger charge is -2.08. The Hall–Kier alpha value is -2.22. The van der Waals surface area contributed by atoms with Crippen LogP contribution in [0.3, 0.4) is 0 Å². The Morgan fingerprint density at radius 2 is 2.00 bits per heavy atom. The molecule has 0 saturated carbocycles. The number of pyridine rings is 1. The first-order valence-corrected chi connectivity index (χ1v) is 9.21. The highest BCUT2D eigenvalue weighted by Crippen LogP contribution is 2.21. The van der Waals surface area contributed by atoms with Gasteiger partial charge in [-0.05, 0) is 35.2 Å². The van der Waals surface area contributed by atoms with Crippen molar-refractivity contribution in [1.82, 2.24) is 9.71 Å². The minimum atomic E-state index is -3.47. The highest BCUT2D eigenvalue weighted by atomic mass is 32.2. The number of nitrogens with zero attached hydrogens (tertiary/aromatic N) is 1. The van der Waals surface area contributed by atoms with Crippen molar-refractivity contribution >= 4 is 21.4 Å². The van der Waals surface area contributed by atoms with E-state index in [1.807, 2.05) is 24.3 Å². The predicted octanol–water partition coefficient (Wildman–Crippen LogP) is 3.41. The molecule has 0 radical (unpaired) electrons. The number of aromatic nitrogens is 1. The molecular weight excluding hydrogens is 332 g/mol. The highest BCUT2D eigenvalue weighted by molar-refractivity contribution is 7.91. The lowest BCUT2D eigenvalue weighted by molar-refractivity contribution is 0.462. The van der Waals surface area contributed by atoms with Crippen LogP contribution in [0.1, 0.15) is 5.56 Å². The molecule has 3 aromatic rings. The fourth-order valence-electron chi connectivity index (χ4n) is 1.91. The van der Waals surface area contributed by atoms with Gasteiger partial charge in [-0.3, -0.25) is 0 Å². The maximum absolute atomic E-state index is 12.1. The minimum absolute atomic E-state index is 0.194. The Balaban J connectivity index is 1.68. The van der Waals surface area contributed by atoms with E-state index in [-0.39, 0.29) is 6.54 Å². The van der Waals surface area contributed by atoms with Crippen LogP contribution in [-0.2, 0) is 16.6 Å². The third kappa shape index (κ3) is 4.16. The fraction of sp³-hybridized carbons (Fsp3) is 0.0625. The third-order valence-corrected chi connectivity index (χ3v) is 5.78. The summed E-state index contributed by atoms with van der Waals surface area (Å²) in [5.74, 6) is 1.10. The molecule has 0 fully saturated rings. The van der Waals surface area contributed by atoms with Gasteiger partial charge in [-0.25, -0.2) is 18.1 Å². The van der Waals surface area contributed by atoms with Crippen LogP contribution >= 0.6 is 11.3 Å². The van der Waals surface area contributed by atoms with Gasteiger partial charge in [0.1, 0.15) is 9.96 Å². The van der Waals surface area contributed by atoms with E-state index in [2.05, 4.69) is 9.71 Å². The first-order chi connectivity index (χ1) is 11.1. The van der Waals surface area contributed by atoms with Gasteiger partial charge in [-0.15, -0.1) is 11.3 Å². The standard InChI is InChI=1S/C16H14N2O3S2/c19-23(20,16-8-4-10-22-16)18-12-13-5-3-6-14(11-13)21-15-7-1-2-9-17-15/h1-11,18H,12H2. The summed E-state index contributed by atoms with van der Waals surface area (Å²) < 4.78 is 32.7. The fourth-order valence-corrected chi connectivity index (χ4v) is 3.97. The maximum atomic E-state index is 12.1. The van der Waals surface area contributed by atoms with Crippen LogP contribution in [0.15, 0.2) is 70.4 Å². The van der Waals surface area contributed by atoms with Crippen LogP contribution in [-0.4, -0.2) is 13.4 Å². The Bertz CT molecular complexity index is 863. The van der Waals surface area contributed by atoms with E-state index in [9.17, 15) is 8.42 Å². The summed E-state index contributed by atoms with van der Waals surface area (Å²) in [4.78, 5) is 4.09. The molecule has 7 heteroatoms. The average molecular weight is 346 g/mol. The normalized spacial score (nSPS) is 11.3. The molecule has 23 heavy (non-hydrogen) atoms. The molecule has 0 saturated heterocycles. The number of rotatable bonds is 6. The molecule has 1 aromatic carbocycles. The van der Waals surface area contributed by atoms with Gasteiger partial charge in [0.2, 0.25) is 15.9 Å². The van der Waals surface area contributed by atoms with Crippen LogP contribution in [0.25, 0.3) is 0 Å². The molecule has 2 heterocycles. The average Bonchev–Trinajstić information content (AvgIpc) is 3.10. The van der Waals surface area contributed by atoms with Crippen molar-refractivity contribution in [3.63, 3.8) is 0 Å². The Labute approximate surface area is 138 Å². The largest absolute Gasteiger partial charge is 0.439 e. The molecule has 1 N–H and O–H groups in total. The monoisotopic (exact) mass is 346 g/mol. The van der Waals surface area contributed by atoms with E-state index < -0.39 is 10.0 Å². The Morgan fingerprint density at radius 3 is 2.74 bits per heavy atom. The zero-order chi connectivity index (χ0) is 16.1.